The molecule has 0 fully saturated rings. The minimum Gasteiger partial charge on any atom is -0.452 e. The number of ether oxygens (including phenoxy) is 1. The lowest BCUT2D eigenvalue weighted by Crippen LogP contribution is -2.33. The third kappa shape index (κ3) is 4.61. The Balaban J connectivity index is 1.96. The summed E-state index contributed by atoms with van der Waals surface area (Å²) in [5.41, 5.74) is -0.141. The third-order valence-electron chi connectivity index (χ3n) is 3.03. The predicted molar refractivity (Wildman–Crippen MR) is 89.7 cm³/mol. The zero-order chi connectivity index (χ0) is 18.4. The van der Waals surface area contributed by atoms with Crippen LogP contribution in [0.1, 0.15) is 20.0 Å². The molecule has 25 heavy (non-hydrogen) atoms. The fraction of sp³-hybridized carbons (Fsp3) is 0.133. The van der Waals surface area contributed by atoms with Crippen molar-refractivity contribution in [1.82, 2.24) is 5.32 Å². The number of carbonyl (C=O) groups excluding carboxylic acids is 3. The molecule has 0 radical (unpaired) electrons. The highest BCUT2D eigenvalue weighted by Gasteiger charge is 2.19. The monoisotopic (exact) mass is 363 g/mol. The van der Waals surface area contributed by atoms with Crippen LogP contribution >= 0.6 is 11.3 Å². The van der Waals surface area contributed by atoms with Crippen LogP contribution in [0.2, 0.25) is 0 Å². The summed E-state index contributed by atoms with van der Waals surface area (Å²) >= 11 is 1.16. The molecule has 0 unspecified atom stereocenters. The van der Waals surface area contributed by atoms with E-state index in [2.05, 4.69) is 10.6 Å². The number of thiophene rings is 1. The van der Waals surface area contributed by atoms with Crippen molar-refractivity contribution < 1.29 is 24.0 Å². The number of nitrogens with zero attached hydrogens (tertiary/aromatic N) is 1. The van der Waals surface area contributed by atoms with E-state index in [0.29, 0.717) is 4.88 Å². The molecule has 0 aliphatic carbocycles. The summed E-state index contributed by atoms with van der Waals surface area (Å²) in [7, 11) is 1.51. The van der Waals surface area contributed by atoms with Crippen LogP contribution in [-0.2, 0) is 9.53 Å². The van der Waals surface area contributed by atoms with E-state index in [1.165, 1.54) is 19.2 Å². The first-order chi connectivity index (χ1) is 11.9. The summed E-state index contributed by atoms with van der Waals surface area (Å²) in [6.07, 6.45) is 0. The van der Waals surface area contributed by atoms with Crippen molar-refractivity contribution in [3.63, 3.8) is 0 Å². The van der Waals surface area contributed by atoms with Gasteiger partial charge in [-0.15, -0.1) is 11.3 Å². The van der Waals surface area contributed by atoms with Crippen molar-refractivity contribution in [1.29, 1.82) is 0 Å². The van der Waals surface area contributed by atoms with Crippen LogP contribution in [0.25, 0.3) is 0 Å². The molecule has 10 heteroatoms. The van der Waals surface area contributed by atoms with Crippen LogP contribution in [0.15, 0.2) is 35.7 Å². The van der Waals surface area contributed by atoms with Crippen LogP contribution in [0.5, 0.6) is 0 Å². The first-order valence-corrected chi connectivity index (χ1v) is 7.81. The van der Waals surface area contributed by atoms with E-state index in [1.807, 2.05) is 0 Å². The maximum Gasteiger partial charge on any atom is 0.338 e. The Morgan fingerprint density at radius 3 is 2.64 bits per heavy atom. The molecule has 0 aliphatic heterocycles. The van der Waals surface area contributed by atoms with E-state index in [1.54, 1.807) is 17.5 Å². The Morgan fingerprint density at radius 1 is 1.28 bits per heavy atom. The number of nitrogens with one attached hydrogen (secondary N) is 2. The van der Waals surface area contributed by atoms with Crippen molar-refractivity contribution in [2.45, 2.75) is 0 Å². The van der Waals surface area contributed by atoms with Crippen LogP contribution in [0, 0.1) is 10.1 Å². The lowest BCUT2D eigenvalue weighted by Gasteiger charge is -2.07. The number of anilines is 1. The lowest BCUT2D eigenvalue weighted by molar-refractivity contribution is -0.384. The number of hydrogen-bond acceptors (Lipinski definition) is 8. The number of hydrogen-bond donors (Lipinski definition) is 2. The number of carbonyl (C=O) groups is 3. The molecule has 9 nitrogen and oxygen atoms in total. The summed E-state index contributed by atoms with van der Waals surface area (Å²) in [6, 6.07) is 6.93. The number of imide groups is 1. The molecule has 0 saturated carbocycles. The van der Waals surface area contributed by atoms with Gasteiger partial charge in [-0.2, -0.15) is 0 Å². The number of rotatable bonds is 6. The van der Waals surface area contributed by atoms with Crippen molar-refractivity contribution in [2.24, 2.45) is 0 Å². The second-order valence-corrected chi connectivity index (χ2v) is 5.62. The molecule has 2 aromatic rings. The summed E-state index contributed by atoms with van der Waals surface area (Å²) in [4.78, 5) is 45.9. The molecular formula is C15H13N3O6S. The Bertz CT molecular complexity index is 819. The van der Waals surface area contributed by atoms with E-state index in [4.69, 9.17) is 4.74 Å². The van der Waals surface area contributed by atoms with Crippen LogP contribution in [0.3, 0.4) is 0 Å². The van der Waals surface area contributed by atoms with Crippen molar-refractivity contribution in [3.8, 4) is 0 Å². The zero-order valence-electron chi connectivity index (χ0n) is 13.0. The Labute approximate surface area is 145 Å². The van der Waals surface area contributed by atoms with Gasteiger partial charge in [0.2, 0.25) is 0 Å². The summed E-state index contributed by atoms with van der Waals surface area (Å²) in [6.45, 7) is -0.683. The Hall–Kier alpha value is -3.27. The van der Waals surface area contributed by atoms with Gasteiger partial charge in [0.25, 0.3) is 17.5 Å². The molecule has 2 rings (SSSR count). The molecular weight excluding hydrogens is 350 g/mol. The number of benzene rings is 1. The second-order valence-electron chi connectivity index (χ2n) is 4.67. The quantitative estimate of drug-likeness (QED) is 0.455. The molecule has 1 aromatic carbocycles. The largest absolute Gasteiger partial charge is 0.452 e. The van der Waals surface area contributed by atoms with Gasteiger partial charge in [-0.1, -0.05) is 6.07 Å². The molecule has 0 saturated heterocycles. The minimum atomic E-state index is -0.913. The summed E-state index contributed by atoms with van der Waals surface area (Å²) < 4.78 is 4.77. The highest BCUT2D eigenvalue weighted by atomic mass is 32.1. The highest BCUT2D eigenvalue weighted by Crippen LogP contribution is 2.25. The summed E-state index contributed by atoms with van der Waals surface area (Å²) in [5.74, 6) is -2.30. The normalized spacial score (nSPS) is 9.96. The number of nitro groups is 1. The van der Waals surface area contributed by atoms with Crippen LogP contribution in [0.4, 0.5) is 11.4 Å². The van der Waals surface area contributed by atoms with Crippen molar-refractivity contribution in [2.75, 3.05) is 19.0 Å². The zero-order valence-corrected chi connectivity index (χ0v) is 13.8. The van der Waals surface area contributed by atoms with E-state index in [9.17, 15) is 24.5 Å². The maximum absolute atomic E-state index is 11.9. The fourth-order valence-electron chi connectivity index (χ4n) is 1.87. The summed E-state index contributed by atoms with van der Waals surface area (Å²) in [5, 5.41) is 17.4. The van der Waals surface area contributed by atoms with Gasteiger partial charge in [-0.3, -0.25) is 25.0 Å². The molecule has 1 aromatic heterocycles. The molecule has 1 heterocycles. The van der Waals surface area contributed by atoms with E-state index < -0.39 is 29.3 Å². The molecule has 2 N–H and O–H groups in total. The first-order valence-electron chi connectivity index (χ1n) is 6.93. The van der Waals surface area contributed by atoms with Gasteiger partial charge in [0, 0.05) is 13.1 Å². The van der Waals surface area contributed by atoms with E-state index >= 15 is 0 Å². The van der Waals surface area contributed by atoms with Gasteiger partial charge in [0.05, 0.1) is 15.4 Å². The van der Waals surface area contributed by atoms with E-state index in [-0.39, 0.29) is 16.9 Å². The average Bonchev–Trinajstić information content (AvgIpc) is 3.13. The number of amides is 2. The van der Waals surface area contributed by atoms with Gasteiger partial charge < -0.3 is 10.1 Å². The van der Waals surface area contributed by atoms with Gasteiger partial charge in [0.1, 0.15) is 5.69 Å². The molecule has 2 amide bonds. The molecule has 0 aliphatic rings. The van der Waals surface area contributed by atoms with Gasteiger partial charge >= 0.3 is 5.97 Å². The predicted octanol–water partition coefficient (Wildman–Crippen LogP) is 1.81. The van der Waals surface area contributed by atoms with Gasteiger partial charge in [-0.25, -0.2) is 4.79 Å². The van der Waals surface area contributed by atoms with E-state index in [0.717, 1.165) is 17.4 Å². The van der Waals surface area contributed by atoms with Gasteiger partial charge in [0.15, 0.2) is 6.61 Å². The second kappa shape index (κ2) is 8.02. The molecule has 0 bridgehead atoms. The first kappa shape index (κ1) is 18.1. The highest BCUT2D eigenvalue weighted by molar-refractivity contribution is 7.12. The van der Waals surface area contributed by atoms with Crippen molar-refractivity contribution >= 4 is 40.5 Å². The number of nitro benzene ring substituents is 1. The minimum absolute atomic E-state index is 0.0805. The standard InChI is InChI=1S/C15H13N3O6S/c1-16-10-5-4-9(7-11(10)18(22)23)15(21)24-8-13(19)17-14(20)12-3-2-6-25-12/h2-7,16H,8H2,1H3,(H,17,19,20). The lowest BCUT2D eigenvalue weighted by atomic mass is 10.1. The molecule has 0 atom stereocenters. The van der Waals surface area contributed by atoms with Crippen molar-refractivity contribution in [3.05, 3.63) is 56.3 Å². The Morgan fingerprint density at radius 2 is 2.04 bits per heavy atom. The maximum atomic E-state index is 11.9. The van der Waals surface area contributed by atoms with Crippen LogP contribution < -0.4 is 10.6 Å². The van der Waals surface area contributed by atoms with Gasteiger partial charge in [-0.05, 0) is 23.6 Å². The third-order valence-corrected chi connectivity index (χ3v) is 3.90. The average molecular weight is 363 g/mol. The fourth-order valence-corrected chi connectivity index (χ4v) is 2.49. The molecule has 130 valence electrons. The SMILES string of the molecule is CNc1ccc(C(=O)OCC(=O)NC(=O)c2cccs2)cc1[N+](=O)[O-]. The smallest absolute Gasteiger partial charge is 0.338 e. The Kier molecular flexibility index (Phi) is 5.79. The van der Waals surface area contributed by atoms with Crippen LogP contribution in [-0.4, -0.2) is 36.4 Å². The number of esters is 1. The topological polar surface area (TPSA) is 128 Å². The molecule has 0 spiro atoms.